The molecule has 6 nitrogen and oxygen atoms in total. The van der Waals surface area contributed by atoms with Gasteiger partial charge >= 0.3 is 5.97 Å². The summed E-state index contributed by atoms with van der Waals surface area (Å²) >= 11 is 0. The third-order valence-electron chi connectivity index (χ3n) is 3.20. The fourth-order valence-corrected chi connectivity index (χ4v) is 2.02. The molecule has 1 heterocycles. The Hall–Kier alpha value is -2.63. The van der Waals surface area contributed by atoms with Crippen molar-refractivity contribution in [3.05, 3.63) is 41.8 Å². The van der Waals surface area contributed by atoms with Gasteiger partial charge in [-0.25, -0.2) is 4.98 Å². The summed E-state index contributed by atoms with van der Waals surface area (Å²) in [5, 5.41) is 11.4. The van der Waals surface area contributed by atoms with Gasteiger partial charge in [-0.15, -0.1) is 0 Å². The van der Waals surface area contributed by atoms with Crippen LogP contribution in [0.4, 0.5) is 0 Å². The number of benzene rings is 1. The predicted octanol–water partition coefficient (Wildman–Crippen LogP) is 2.63. The lowest BCUT2D eigenvalue weighted by Crippen LogP contribution is -2.33. The van der Waals surface area contributed by atoms with E-state index in [1.165, 1.54) is 0 Å². The van der Waals surface area contributed by atoms with Crippen molar-refractivity contribution in [2.24, 2.45) is 0 Å². The van der Waals surface area contributed by atoms with Gasteiger partial charge in [0.2, 0.25) is 5.89 Å². The van der Waals surface area contributed by atoms with Gasteiger partial charge in [-0.05, 0) is 32.4 Å². The van der Waals surface area contributed by atoms with Crippen LogP contribution in [0.3, 0.4) is 0 Å². The van der Waals surface area contributed by atoms with Crippen molar-refractivity contribution in [1.29, 1.82) is 0 Å². The fraction of sp³-hybridized carbons (Fsp3) is 0.312. The second kappa shape index (κ2) is 6.89. The molecule has 2 N–H and O–H groups in total. The van der Waals surface area contributed by atoms with E-state index in [9.17, 15) is 9.59 Å². The van der Waals surface area contributed by atoms with Gasteiger partial charge in [0.05, 0.1) is 0 Å². The zero-order chi connectivity index (χ0) is 16.1. The molecule has 6 heteroatoms. The molecule has 1 aromatic carbocycles. The van der Waals surface area contributed by atoms with E-state index in [1.54, 1.807) is 13.8 Å². The minimum absolute atomic E-state index is 0.00844. The van der Waals surface area contributed by atoms with Crippen LogP contribution < -0.4 is 5.32 Å². The number of carbonyl (C=O) groups excluding carboxylic acids is 1. The summed E-state index contributed by atoms with van der Waals surface area (Å²) in [5.41, 5.74) is 1.02. The van der Waals surface area contributed by atoms with Gasteiger partial charge in [-0.2, -0.15) is 0 Å². The first-order valence-electron chi connectivity index (χ1n) is 7.03. The molecule has 0 fully saturated rings. The molecule has 0 saturated heterocycles. The smallest absolute Gasteiger partial charge is 0.303 e. The highest BCUT2D eigenvalue weighted by atomic mass is 16.4. The lowest BCUT2D eigenvalue weighted by Gasteiger charge is -2.11. The molecule has 0 saturated carbocycles. The molecular formula is C16H18N2O4. The van der Waals surface area contributed by atoms with E-state index in [1.807, 2.05) is 30.3 Å². The van der Waals surface area contributed by atoms with E-state index < -0.39 is 5.97 Å². The Kier molecular flexibility index (Phi) is 4.93. The SMILES string of the molecule is Cc1oc(-c2ccccc2)nc1C(=O)NC(C)CCC(=O)O. The highest BCUT2D eigenvalue weighted by Crippen LogP contribution is 2.21. The zero-order valence-corrected chi connectivity index (χ0v) is 12.5. The van der Waals surface area contributed by atoms with Crippen LogP contribution in [0.2, 0.25) is 0 Å². The number of carbonyl (C=O) groups is 2. The summed E-state index contributed by atoms with van der Waals surface area (Å²) in [7, 11) is 0. The minimum Gasteiger partial charge on any atom is -0.481 e. The Morgan fingerprint density at radius 2 is 2.00 bits per heavy atom. The highest BCUT2D eigenvalue weighted by molar-refractivity contribution is 5.93. The van der Waals surface area contributed by atoms with E-state index in [-0.39, 0.29) is 24.1 Å². The van der Waals surface area contributed by atoms with Crippen LogP contribution in [0, 0.1) is 6.92 Å². The second-order valence-electron chi connectivity index (χ2n) is 5.10. The van der Waals surface area contributed by atoms with Crippen LogP contribution >= 0.6 is 0 Å². The number of oxazole rings is 1. The number of nitrogens with zero attached hydrogens (tertiary/aromatic N) is 1. The van der Waals surface area contributed by atoms with Crippen molar-refractivity contribution in [2.45, 2.75) is 32.7 Å². The Bertz CT molecular complexity index is 664. The van der Waals surface area contributed by atoms with Gasteiger partial charge in [0, 0.05) is 18.0 Å². The van der Waals surface area contributed by atoms with Crippen molar-refractivity contribution in [1.82, 2.24) is 10.3 Å². The van der Waals surface area contributed by atoms with Crippen molar-refractivity contribution in [2.75, 3.05) is 0 Å². The maximum absolute atomic E-state index is 12.2. The van der Waals surface area contributed by atoms with Crippen molar-refractivity contribution in [3.63, 3.8) is 0 Å². The number of nitrogens with one attached hydrogen (secondary N) is 1. The molecule has 0 radical (unpaired) electrons. The number of rotatable bonds is 6. The van der Waals surface area contributed by atoms with Crippen molar-refractivity contribution >= 4 is 11.9 Å². The molecule has 1 aromatic heterocycles. The molecule has 0 aliphatic rings. The maximum atomic E-state index is 12.2. The molecule has 22 heavy (non-hydrogen) atoms. The first-order valence-corrected chi connectivity index (χ1v) is 7.03. The average Bonchev–Trinajstić information content (AvgIpc) is 2.88. The normalized spacial score (nSPS) is 11.9. The third kappa shape index (κ3) is 3.94. The molecule has 0 spiro atoms. The molecule has 1 amide bonds. The van der Waals surface area contributed by atoms with Gasteiger partial charge in [0.15, 0.2) is 5.69 Å². The Labute approximate surface area is 128 Å². The summed E-state index contributed by atoms with van der Waals surface area (Å²) in [6.45, 7) is 3.44. The molecule has 0 aliphatic carbocycles. The summed E-state index contributed by atoms with van der Waals surface area (Å²) in [5.74, 6) is -0.422. The van der Waals surface area contributed by atoms with E-state index in [0.717, 1.165) is 5.56 Å². The Morgan fingerprint density at radius 1 is 1.32 bits per heavy atom. The maximum Gasteiger partial charge on any atom is 0.303 e. The molecule has 0 bridgehead atoms. The monoisotopic (exact) mass is 302 g/mol. The number of hydrogen-bond donors (Lipinski definition) is 2. The molecule has 2 aromatic rings. The highest BCUT2D eigenvalue weighted by Gasteiger charge is 2.19. The quantitative estimate of drug-likeness (QED) is 0.855. The first kappa shape index (κ1) is 15.8. The van der Waals surface area contributed by atoms with Gasteiger partial charge in [0.25, 0.3) is 5.91 Å². The van der Waals surface area contributed by atoms with E-state index in [4.69, 9.17) is 9.52 Å². The van der Waals surface area contributed by atoms with Gasteiger partial charge in [0.1, 0.15) is 5.76 Å². The number of amides is 1. The van der Waals surface area contributed by atoms with Crippen LogP contribution in [0.15, 0.2) is 34.7 Å². The molecular weight excluding hydrogens is 284 g/mol. The summed E-state index contributed by atoms with van der Waals surface area (Å²) in [6, 6.07) is 9.06. The second-order valence-corrected chi connectivity index (χ2v) is 5.10. The average molecular weight is 302 g/mol. The number of carboxylic acids is 1. The van der Waals surface area contributed by atoms with Crippen LogP contribution in [0.25, 0.3) is 11.5 Å². The lowest BCUT2D eigenvalue weighted by atomic mass is 10.2. The number of aryl methyl sites for hydroxylation is 1. The van der Waals surface area contributed by atoms with Crippen LogP contribution in [0.5, 0.6) is 0 Å². The van der Waals surface area contributed by atoms with Gasteiger partial charge < -0.3 is 14.8 Å². The molecule has 1 unspecified atom stereocenters. The number of hydrogen-bond acceptors (Lipinski definition) is 4. The molecule has 1 atom stereocenters. The minimum atomic E-state index is -0.884. The Morgan fingerprint density at radius 3 is 2.64 bits per heavy atom. The van der Waals surface area contributed by atoms with Crippen LogP contribution in [0.1, 0.15) is 36.0 Å². The van der Waals surface area contributed by atoms with E-state index in [2.05, 4.69) is 10.3 Å². The lowest BCUT2D eigenvalue weighted by molar-refractivity contribution is -0.137. The van der Waals surface area contributed by atoms with Crippen LogP contribution in [-0.4, -0.2) is 28.0 Å². The van der Waals surface area contributed by atoms with Crippen molar-refractivity contribution in [3.8, 4) is 11.5 Å². The van der Waals surface area contributed by atoms with Crippen LogP contribution in [-0.2, 0) is 4.79 Å². The molecule has 0 aliphatic heterocycles. The number of aliphatic carboxylic acids is 1. The fourth-order valence-electron chi connectivity index (χ4n) is 2.02. The number of aromatic nitrogens is 1. The molecule has 2 rings (SSSR count). The Balaban J connectivity index is 2.07. The largest absolute Gasteiger partial charge is 0.481 e. The number of carboxylic acid groups (broad SMARTS) is 1. The van der Waals surface area contributed by atoms with E-state index >= 15 is 0 Å². The first-order chi connectivity index (χ1) is 10.5. The summed E-state index contributed by atoms with van der Waals surface area (Å²) in [4.78, 5) is 27.0. The topological polar surface area (TPSA) is 92.4 Å². The zero-order valence-electron chi connectivity index (χ0n) is 12.5. The van der Waals surface area contributed by atoms with E-state index in [0.29, 0.717) is 18.1 Å². The standard InChI is InChI=1S/C16H18N2O4/c1-10(8-9-13(19)20)17-15(21)14-11(2)22-16(18-14)12-6-4-3-5-7-12/h3-7,10H,8-9H2,1-2H3,(H,17,21)(H,19,20). The van der Waals surface area contributed by atoms with Gasteiger partial charge in [-0.3, -0.25) is 9.59 Å². The third-order valence-corrected chi connectivity index (χ3v) is 3.20. The summed E-state index contributed by atoms with van der Waals surface area (Å²) in [6.07, 6.45) is 0.373. The van der Waals surface area contributed by atoms with Crippen molar-refractivity contribution < 1.29 is 19.1 Å². The summed E-state index contributed by atoms with van der Waals surface area (Å²) < 4.78 is 5.54. The van der Waals surface area contributed by atoms with Gasteiger partial charge in [-0.1, -0.05) is 18.2 Å². The predicted molar refractivity (Wildman–Crippen MR) is 80.5 cm³/mol. The molecule has 116 valence electrons.